The molecule has 1 heterocycles. The number of esters is 3. The van der Waals surface area contributed by atoms with E-state index in [4.69, 9.17) is 14.2 Å². The van der Waals surface area contributed by atoms with E-state index < -0.39 is 89.8 Å². The molecule has 3 aromatic rings. The van der Waals surface area contributed by atoms with Gasteiger partial charge in [0.1, 0.15) is 18.1 Å². The van der Waals surface area contributed by atoms with Gasteiger partial charge in [-0.1, -0.05) is 133 Å². The molecule has 0 radical (unpaired) electrons. The molecule has 0 aromatic heterocycles. The summed E-state index contributed by atoms with van der Waals surface area (Å²) < 4.78 is 18.3. The van der Waals surface area contributed by atoms with Crippen molar-refractivity contribution in [3.05, 3.63) is 108 Å². The van der Waals surface area contributed by atoms with Crippen LogP contribution in [0.3, 0.4) is 0 Å². The summed E-state index contributed by atoms with van der Waals surface area (Å²) in [5.41, 5.74) is 2.18. The molecule has 3 amide bonds. The molecule has 59 heavy (non-hydrogen) atoms. The maximum Gasteiger partial charge on any atom is 0.329 e. The summed E-state index contributed by atoms with van der Waals surface area (Å²) in [6, 6.07) is 23.6. The van der Waals surface area contributed by atoms with Crippen LogP contribution in [0.2, 0.25) is 0 Å². The van der Waals surface area contributed by atoms with Crippen LogP contribution >= 0.6 is 0 Å². The van der Waals surface area contributed by atoms with Crippen molar-refractivity contribution in [1.29, 1.82) is 0 Å². The number of hydrogen-bond acceptors (Lipinski definition) is 9. The Morgan fingerprint density at radius 2 is 0.695 bits per heavy atom. The lowest BCUT2D eigenvalue weighted by Crippen LogP contribution is -2.57. The summed E-state index contributed by atoms with van der Waals surface area (Å²) in [6.45, 7) is 10.7. The van der Waals surface area contributed by atoms with Crippen molar-refractivity contribution < 1.29 is 43.0 Å². The van der Waals surface area contributed by atoms with Gasteiger partial charge in [0.05, 0.1) is 0 Å². The minimum absolute atomic E-state index is 0.0335. The quantitative estimate of drug-likeness (QED) is 0.177. The molecule has 3 aromatic carbocycles. The third kappa shape index (κ3) is 11.8. The standard InChI is InChI=1S/C47H61N3O9/c1-10-31(5)40-43(52)49(8)36(27-33-21-15-12-16-22-33)45(54)57-39(30(3)4)42(51)48(7)37(28-34-23-17-13-18-24-34)46(55)58-41(32(6)11-2)44(53)50(9)38(47(56)59-40)29-35-25-19-14-20-26-35/h12-26,30-32,36-41H,10-11,27-29H2,1-9H3/t31-,32-,36-,37-,38-,39+,40+,41+/m0/s1. The topological polar surface area (TPSA) is 140 Å². The van der Waals surface area contributed by atoms with Crippen molar-refractivity contribution in [2.75, 3.05) is 21.1 Å². The first-order valence-electron chi connectivity index (χ1n) is 20.6. The van der Waals surface area contributed by atoms with Crippen LogP contribution in [0.5, 0.6) is 0 Å². The maximum atomic E-state index is 14.7. The number of ether oxygens (including phenoxy) is 3. The number of rotatable bonds is 11. The Kier molecular flexibility index (Phi) is 16.8. The number of likely N-dealkylation sites (N-methyl/N-ethyl adjacent to an activating group) is 3. The van der Waals surface area contributed by atoms with Gasteiger partial charge in [0.15, 0.2) is 18.3 Å². The molecule has 0 N–H and O–H groups in total. The lowest BCUT2D eigenvalue weighted by atomic mass is 9.97. The van der Waals surface area contributed by atoms with Crippen molar-refractivity contribution in [3.63, 3.8) is 0 Å². The van der Waals surface area contributed by atoms with Gasteiger partial charge in [0.2, 0.25) is 0 Å². The van der Waals surface area contributed by atoms with Crippen molar-refractivity contribution in [3.8, 4) is 0 Å². The zero-order valence-electron chi connectivity index (χ0n) is 35.9. The largest absolute Gasteiger partial charge is 0.450 e. The molecule has 0 unspecified atom stereocenters. The Morgan fingerprint density at radius 3 is 0.949 bits per heavy atom. The monoisotopic (exact) mass is 811 g/mol. The highest BCUT2D eigenvalue weighted by atomic mass is 16.6. The third-order valence-electron chi connectivity index (χ3n) is 11.5. The molecule has 0 aliphatic carbocycles. The van der Waals surface area contributed by atoms with E-state index in [0.717, 1.165) is 16.7 Å². The van der Waals surface area contributed by atoms with Crippen molar-refractivity contribution in [2.45, 2.75) is 110 Å². The van der Waals surface area contributed by atoms with E-state index >= 15 is 0 Å². The van der Waals surface area contributed by atoms with Gasteiger partial charge in [0, 0.05) is 52.2 Å². The SMILES string of the molecule is CC[C@H](C)[C@H]1OC(=O)[C@H](Cc2ccccc2)N(C)C(=O)[C@@H](C(C)C)OC(=O)[C@H](Cc2ccccc2)N(C)C(=O)[C@@H]([C@@H](C)CC)OC(=O)[C@H](Cc2ccccc2)N(C)C1=O. The fraction of sp³-hybridized carbons (Fsp3) is 0.489. The number of hydrogen-bond donors (Lipinski definition) is 0. The molecule has 1 fully saturated rings. The Hall–Kier alpha value is -5.52. The number of benzene rings is 3. The number of nitrogens with zero attached hydrogens (tertiary/aromatic N) is 3. The van der Waals surface area contributed by atoms with E-state index in [1.165, 1.54) is 35.8 Å². The van der Waals surface area contributed by atoms with E-state index in [1.807, 2.05) is 105 Å². The van der Waals surface area contributed by atoms with Gasteiger partial charge in [-0.05, 0) is 35.4 Å². The zero-order valence-corrected chi connectivity index (χ0v) is 35.9. The second-order valence-corrected chi connectivity index (χ2v) is 16.1. The van der Waals surface area contributed by atoms with Crippen molar-refractivity contribution in [2.24, 2.45) is 17.8 Å². The molecule has 0 bridgehead atoms. The lowest BCUT2D eigenvalue weighted by Gasteiger charge is -2.37. The van der Waals surface area contributed by atoms with Crippen LogP contribution in [0.1, 0.15) is 71.1 Å². The van der Waals surface area contributed by atoms with Gasteiger partial charge in [-0.3, -0.25) is 14.4 Å². The first-order chi connectivity index (χ1) is 28.1. The summed E-state index contributed by atoms with van der Waals surface area (Å²) in [6.07, 6.45) is -3.07. The van der Waals surface area contributed by atoms with Crippen LogP contribution in [0.4, 0.5) is 0 Å². The highest BCUT2D eigenvalue weighted by molar-refractivity contribution is 5.94. The summed E-state index contributed by atoms with van der Waals surface area (Å²) in [5, 5.41) is 0. The molecule has 1 saturated heterocycles. The van der Waals surface area contributed by atoms with Gasteiger partial charge in [-0.25, -0.2) is 14.4 Å². The van der Waals surface area contributed by atoms with Crippen LogP contribution in [0.15, 0.2) is 91.0 Å². The highest BCUT2D eigenvalue weighted by Gasteiger charge is 2.44. The molecule has 0 spiro atoms. The minimum Gasteiger partial charge on any atom is -0.450 e. The van der Waals surface area contributed by atoms with Gasteiger partial charge in [0.25, 0.3) is 17.7 Å². The second kappa shape index (κ2) is 21.5. The molecule has 0 saturated carbocycles. The van der Waals surface area contributed by atoms with E-state index in [-0.39, 0.29) is 19.3 Å². The Morgan fingerprint density at radius 1 is 0.441 bits per heavy atom. The molecule has 318 valence electrons. The number of amides is 3. The molecule has 1 aliphatic rings. The van der Waals surface area contributed by atoms with Crippen LogP contribution in [0, 0.1) is 17.8 Å². The number of cyclic esters (lactones) is 3. The van der Waals surface area contributed by atoms with Crippen LogP contribution in [-0.2, 0) is 62.2 Å². The molecular weight excluding hydrogens is 751 g/mol. The molecule has 12 heteroatoms. The predicted octanol–water partition coefficient (Wildman–Crippen LogP) is 5.69. The van der Waals surface area contributed by atoms with Crippen molar-refractivity contribution in [1.82, 2.24) is 14.7 Å². The van der Waals surface area contributed by atoms with Gasteiger partial charge in [-0.2, -0.15) is 0 Å². The first-order valence-corrected chi connectivity index (χ1v) is 20.6. The molecular formula is C47H61N3O9. The van der Waals surface area contributed by atoms with Crippen LogP contribution in [0.25, 0.3) is 0 Å². The maximum absolute atomic E-state index is 14.7. The average molecular weight is 812 g/mol. The highest BCUT2D eigenvalue weighted by Crippen LogP contribution is 2.25. The van der Waals surface area contributed by atoms with Crippen molar-refractivity contribution >= 4 is 35.6 Å². The average Bonchev–Trinajstić information content (AvgIpc) is 3.25. The zero-order chi connectivity index (χ0) is 43.4. The lowest BCUT2D eigenvalue weighted by molar-refractivity contribution is -0.180. The fourth-order valence-electron chi connectivity index (χ4n) is 7.04. The normalized spacial score (nSPS) is 24.2. The van der Waals surface area contributed by atoms with E-state index in [9.17, 15) is 28.8 Å². The summed E-state index contributed by atoms with van der Waals surface area (Å²) in [4.78, 5) is 90.9. The number of carbonyl (C=O) groups is 6. The molecule has 8 atom stereocenters. The summed E-state index contributed by atoms with van der Waals surface area (Å²) in [7, 11) is 4.36. The predicted molar refractivity (Wildman–Crippen MR) is 223 cm³/mol. The summed E-state index contributed by atoms with van der Waals surface area (Å²) in [5.74, 6) is -5.99. The van der Waals surface area contributed by atoms with Crippen LogP contribution < -0.4 is 0 Å². The Labute approximate surface area is 349 Å². The molecule has 4 rings (SSSR count). The van der Waals surface area contributed by atoms with Gasteiger partial charge >= 0.3 is 17.9 Å². The third-order valence-corrected chi connectivity index (χ3v) is 11.5. The first kappa shape index (κ1) is 46.2. The van der Waals surface area contributed by atoms with E-state index in [2.05, 4.69) is 0 Å². The minimum atomic E-state index is -1.36. The molecule has 12 nitrogen and oxygen atoms in total. The second-order valence-electron chi connectivity index (χ2n) is 16.1. The van der Waals surface area contributed by atoms with E-state index in [1.54, 1.807) is 27.7 Å². The van der Waals surface area contributed by atoms with E-state index in [0.29, 0.717) is 12.8 Å². The van der Waals surface area contributed by atoms with Crippen LogP contribution in [-0.4, -0.2) is 108 Å². The molecule has 1 aliphatic heterocycles. The number of carbonyl (C=O) groups excluding carboxylic acids is 6. The van der Waals surface area contributed by atoms with Gasteiger partial charge < -0.3 is 28.9 Å². The summed E-state index contributed by atoms with van der Waals surface area (Å²) >= 11 is 0. The van der Waals surface area contributed by atoms with Gasteiger partial charge in [-0.15, -0.1) is 0 Å². The smallest absolute Gasteiger partial charge is 0.329 e. The Balaban J connectivity index is 1.91. The fourth-order valence-corrected chi connectivity index (χ4v) is 7.04. The Bertz CT molecular complexity index is 1830.